The molecule has 0 spiro atoms. The molecule has 5 saturated heterocycles. The number of H-pyrrole nitrogens is 3. The molecule has 0 bridgehead atoms. The van der Waals surface area contributed by atoms with Gasteiger partial charge in [0.2, 0.25) is 35.3 Å². The van der Waals surface area contributed by atoms with E-state index in [2.05, 4.69) is 123 Å². The van der Waals surface area contributed by atoms with Crippen LogP contribution in [0, 0.1) is 42.2 Å². The second-order valence-electron chi connectivity index (χ2n) is 26.8. The molecule has 0 aromatic carbocycles. The summed E-state index contributed by atoms with van der Waals surface area (Å²) in [6.45, 7) is 29.7. The van der Waals surface area contributed by atoms with Gasteiger partial charge in [-0.05, 0) is 104 Å². The number of terminal acetylenes is 1. The zero-order valence-electron chi connectivity index (χ0n) is 54.8. The lowest BCUT2D eigenvalue weighted by molar-refractivity contribution is -0.135. The third kappa shape index (κ3) is 16.6. The molecule has 0 unspecified atom stereocenters. The SMILES string of the molecule is C#Cc1cnc(C(=O)Nc2ccc(C3CN(C)C(=O)N(C)C3)nc2N2CCC(C)(C)CC2)[nH]1.[C-]#[N+]c1cnc(C(=O)Nc2ccc(C3CC(=O)NC(=O)C3)nc2C2=CCC(C)(C)CC2)[nH]1.[C-]#[N+]c1cnc(C(=O)Nc2ccc(C3CC(=O)NC(=O)C3)nc2N2CCC(C)CC2)[nH]1. The molecule has 498 valence electrons. The summed E-state index contributed by atoms with van der Waals surface area (Å²) in [4.78, 5) is 147. The number of aromatic nitrogens is 9. The summed E-state index contributed by atoms with van der Waals surface area (Å²) in [5, 5.41) is 13.3. The lowest BCUT2D eigenvalue weighted by atomic mass is 9.77. The summed E-state index contributed by atoms with van der Waals surface area (Å²) in [5.74, 6) is 2.01. The van der Waals surface area contributed by atoms with E-state index >= 15 is 0 Å². The number of hydrogen-bond donors (Lipinski definition) is 8. The number of piperidine rings is 4. The highest BCUT2D eigenvalue weighted by atomic mass is 16.2. The van der Waals surface area contributed by atoms with E-state index in [0.29, 0.717) is 64.7 Å². The molecular weight excluding hydrogens is 1220 g/mol. The minimum Gasteiger partial charge on any atom is -0.363 e. The number of likely N-dealkylation sites (N-methyl/N-ethyl adjacent to an activating group) is 2. The fraction of sp³-hybridized carbons (Fsp3) is 0.441. The zero-order valence-corrected chi connectivity index (χ0v) is 54.8. The number of amides is 9. The van der Waals surface area contributed by atoms with Crippen LogP contribution >= 0.6 is 0 Å². The van der Waals surface area contributed by atoms with Crippen LogP contribution in [-0.2, 0) is 19.2 Å². The fourth-order valence-electron chi connectivity index (χ4n) is 12.3. The van der Waals surface area contributed by atoms with Gasteiger partial charge in [-0.2, -0.15) is 0 Å². The number of urea groups is 1. The Morgan fingerprint density at radius 2 is 1.02 bits per heavy atom. The van der Waals surface area contributed by atoms with E-state index in [1.165, 1.54) is 18.6 Å². The highest BCUT2D eigenvalue weighted by Gasteiger charge is 2.35. The van der Waals surface area contributed by atoms with E-state index in [0.717, 1.165) is 88.2 Å². The molecule has 9 amide bonds. The first-order valence-corrected chi connectivity index (χ1v) is 32.0. The quantitative estimate of drug-likeness (QED) is 0.0322. The third-order valence-corrected chi connectivity index (χ3v) is 18.2. The number of imide groups is 2. The van der Waals surface area contributed by atoms with E-state index in [9.17, 15) is 38.4 Å². The van der Waals surface area contributed by atoms with Crippen LogP contribution in [0.15, 0.2) is 61.1 Å². The number of rotatable bonds is 12. The van der Waals surface area contributed by atoms with Gasteiger partial charge in [0, 0.05) is 114 Å². The molecule has 28 nitrogen and oxygen atoms in total. The number of nitrogens with zero attached hydrogens (tertiary/aromatic N) is 12. The fourth-order valence-corrected chi connectivity index (χ4v) is 12.3. The van der Waals surface area contributed by atoms with Crippen molar-refractivity contribution < 1.29 is 38.4 Å². The highest BCUT2D eigenvalue weighted by Crippen LogP contribution is 2.41. The van der Waals surface area contributed by atoms with Crippen LogP contribution in [0.25, 0.3) is 15.3 Å². The summed E-state index contributed by atoms with van der Waals surface area (Å²) < 4.78 is 0. The van der Waals surface area contributed by atoms with Crippen molar-refractivity contribution in [3.63, 3.8) is 0 Å². The molecule has 5 fully saturated rings. The van der Waals surface area contributed by atoms with Gasteiger partial charge in [-0.1, -0.05) is 59.8 Å². The minimum atomic E-state index is -0.473. The van der Waals surface area contributed by atoms with E-state index in [-0.39, 0.29) is 119 Å². The van der Waals surface area contributed by atoms with Gasteiger partial charge in [0.25, 0.3) is 17.6 Å². The molecule has 0 radical (unpaired) electrons. The second-order valence-corrected chi connectivity index (χ2v) is 26.8. The molecule has 11 heterocycles. The van der Waals surface area contributed by atoms with Gasteiger partial charge in [0.1, 0.15) is 5.69 Å². The Bertz CT molecular complexity index is 4110. The number of nitrogens with one attached hydrogen (secondary N) is 8. The first kappa shape index (κ1) is 67.8. The van der Waals surface area contributed by atoms with E-state index in [1.54, 1.807) is 48.2 Å². The Morgan fingerprint density at radius 3 is 1.47 bits per heavy atom. The van der Waals surface area contributed by atoms with Crippen molar-refractivity contribution in [3.8, 4) is 12.3 Å². The van der Waals surface area contributed by atoms with Gasteiger partial charge in [0.05, 0.1) is 41.3 Å². The van der Waals surface area contributed by atoms with Crippen molar-refractivity contribution >= 4 is 93.3 Å². The van der Waals surface area contributed by atoms with Gasteiger partial charge < -0.3 is 50.2 Å². The molecule has 28 heteroatoms. The highest BCUT2D eigenvalue weighted by molar-refractivity contribution is 6.05. The maximum absolute atomic E-state index is 12.8. The van der Waals surface area contributed by atoms with Crippen molar-refractivity contribution in [2.24, 2.45) is 16.7 Å². The molecular formula is C68H78N20O8. The number of aromatic amines is 3. The van der Waals surface area contributed by atoms with E-state index < -0.39 is 11.8 Å². The van der Waals surface area contributed by atoms with Crippen LogP contribution in [0.5, 0.6) is 0 Å². The zero-order chi connectivity index (χ0) is 68.6. The molecule has 12 rings (SSSR count). The van der Waals surface area contributed by atoms with Gasteiger partial charge in [-0.15, -0.1) is 6.42 Å². The standard InChI is InChI=1S/C24H31N7O2.C23H24N6O3.C21H23N7O3/c1-6-17-13-25-20(26-17)22(32)28-19-8-7-18(16-14-29(4)23(33)30(5)15-16)27-21(19)31-11-9-24(2,3)10-12-31;1-23(2)8-6-13(7-9-23)20-16(27-22(32)21-25-12-17(24-3)28-21)5-4-15(26-20)14-10-18(30)29-19(31)11-14;1-12-5-7-28(8-6-12)20-15(25-21(31)19-23-11-16(22-2)26-19)4-3-14(24-20)13-9-17(29)27-18(30)10-13/h1,7-8,13,16H,9-12,14-15H2,2-5H3,(H,25,26)(H,28,32);4-6,12,14H,7-11H2,1-2H3,(H,25,28)(H,27,32)(H,29,30,31);3-4,11-13H,5-10H2,1H3,(H,23,26)(H,25,31)(H,27,29,30). The summed E-state index contributed by atoms with van der Waals surface area (Å²) in [7, 11) is 3.61. The summed E-state index contributed by atoms with van der Waals surface area (Å²) in [6, 6.07) is 10.8. The number of anilines is 5. The molecule has 0 atom stereocenters. The summed E-state index contributed by atoms with van der Waals surface area (Å²) in [6.07, 6.45) is 19.2. The smallest absolute Gasteiger partial charge is 0.319 e. The number of hydrogen-bond acceptors (Lipinski definition) is 16. The largest absolute Gasteiger partial charge is 0.363 e. The first-order valence-electron chi connectivity index (χ1n) is 32.0. The Hall–Kier alpha value is -11.1. The van der Waals surface area contributed by atoms with Crippen LogP contribution in [0.2, 0.25) is 0 Å². The van der Waals surface area contributed by atoms with Gasteiger partial charge in [0.15, 0.2) is 17.5 Å². The van der Waals surface area contributed by atoms with Crippen molar-refractivity contribution in [1.29, 1.82) is 0 Å². The Morgan fingerprint density at radius 1 is 0.583 bits per heavy atom. The van der Waals surface area contributed by atoms with Crippen molar-refractivity contribution in [2.45, 2.75) is 123 Å². The summed E-state index contributed by atoms with van der Waals surface area (Å²) >= 11 is 0. The lowest BCUT2D eigenvalue weighted by Gasteiger charge is -2.39. The maximum atomic E-state index is 12.8. The third-order valence-electron chi connectivity index (χ3n) is 18.2. The van der Waals surface area contributed by atoms with Crippen LogP contribution in [0.1, 0.15) is 183 Å². The van der Waals surface area contributed by atoms with E-state index in [1.807, 2.05) is 12.1 Å². The second kappa shape index (κ2) is 29.1. The van der Waals surface area contributed by atoms with Crippen LogP contribution in [0.3, 0.4) is 0 Å². The van der Waals surface area contributed by atoms with Gasteiger partial charge in [-0.3, -0.25) is 59.1 Å². The number of allylic oxidation sites excluding steroid dienone is 2. The molecule has 5 aliphatic heterocycles. The number of imidazole rings is 3. The average molecular weight is 1300 g/mol. The predicted molar refractivity (Wildman–Crippen MR) is 358 cm³/mol. The Balaban J connectivity index is 0.000000157. The van der Waals surface area contributed by atoms with Crippen LogP contribution < -0.4 is 36.4 Å². The van der Waals surface area contributed by atoms with Crippen molar-refractivity contribution in [1.82, 2.24) is 65.3 Å². The lowest BCUT2D eigenvalue weighted by Crippen LogP contribution is -2.49. The Kier molecular flexibility index (Phi) is 20.5. The molecule has 8 N–H and O–H groups in total. The molecule has 6 aromatic heterocycles. The molecule has 6 aliphatic rings. The van der Waals surface area contributed by atoms with Crippen molar-refractivity contribution in [3.05, 3.63) is 130 Å². The molecule has 0 saturated carbocycles. The monoisotopic (exact) mass is 1300 g/mol. The molecule has 96 heavy (non-hydrogen) atoms. The maximum Gasteiger partial charge on any atom is 0.319 e. The minimum absolute atomic E-state index is 0.0124. The van der Waals surface area contributed by atoms with Gasteiger partial charge >= 0.3 is 17.8 Å². The molecule has 6 aromatic rings. The number of carbonyl (C=O) groups is 8. The van der Waals surface area contributed by atoms with Crippen LogP contribution in [-0.4, -0.2) is 155 Å². The van der Waals surface area contributed by atoms with E-state index in [4.69, 9.17) is 34.5 Å². The molecule has 1 aliphatic carbocycles. The number of pyridine rings is 3. The topological polar surface area (TPSA) is 343 Å². The first-order chi connectivity index (χ1) is 45.8. The normalized spacial score (nSPS) is 18.4. The van der Waals surface area contributed by atoms with Crippen molar-refractivity contribution in [2.75, 3.05) is 79.1 Å². The predicted octanol–water partition coefficient (Wildman–Crippen LogP) is 8.83. The van der Waals surface area contributed by atoms with Crippen LogP contribution in [0.4, 0.5) is 45.1 Å². The summed E-state index contributed by atoms with van der Waals surface area (Å²) in [5.41, 5.74) is 6.50. The van der Waals surface area contributed by atoms with Gasteiger partial charge in [-0.25, -0.2) is 29.7 Å². The Labute approximate surface area is 555 Å². The average Bonchev–Trinajstić information content (AvgIpc) is 0.870. The number of carbonyl (C=O) groups excluding carboxylic acids is 8.